The third-order valence-electron chi connectivity index (χ3n) is 1.42. The zero-order valence-corrected chi connectivity index (χ0v) is 5.44. The summed E-state index contributed by atoms with van der Waals surface area (Å²) in [6.07, 6.45) is 2.54. The molecular weight excluding hydrogens is 148 g/mol. The summed E-state index contributed by atoms with van der Waals surface area (Å²) >= 11 is 0. The first-order valence-corrected chi connectivity index (χ1v) is 2.99. The molecule has 4 N–H and O–H groups in total. The van der Waals surface area contributed by atoms with Crippen molar-refractivity contribution >= 4 is 12.2 Å². The quantitative estimate of drug-likeness (QED) is 0.359. The fourth-order valence-corrected chi connectivity index (χ4v) is 0.907. The van der Waals surface area contributed by atoms with Crippen molar-refractivity contribution < 1.29 is 10.2 Å². The maximum absolute atomic E-state index is 9.16. The molecule has 11 heavy (non-hydrogen) atoms. The molecular formula is C5H6N4O2. The van der Waals surface area contributed by atoms with Crippen molar-refractivity contribution in [3.63, 3.8) is 0 Å². The van der Waals surface area contributed by atoms with E-state index < -0.39 is 5.91 Å². The van der Waals surface area contributed by atoms with E-state index >= 15 is 0 Å². The Hall–Kier alpha value is -1.40. The number of aliphatic imine (C=N–C) groups is 1. The molecule has 0 saturated carbocycles. The van der Waals surface area contributed by atoms with Gasteiger partial charge in [-0.05, 0) is 0 Å². The number of anilines is 1. The molecule has 0 atom stereocenters. The first kappa shape index (κ1) is 6.32. The van der Waals surface area contributed by atoms with Crippen molar-refractivity contribution in [2.45, 2.75) is 5.91 Å². The van der Waals surface area contributed by atoms with Gasteiger partial charge in [-0.3, -0.25) is 0 Å². The van der Waals surface area contributed by atoms with Crippen LogP contribution >= 0.6 is 0 Å². The average Bonchev–Trinajstić information content (AvgIpc) is 2.34. The van der Waals surface area contributed by atoms with E-state index in [1.807, 2.05) is 0 Å². The number of hydrogen-bond acceptors (Lipinski definition) is 5. The topological polar surface area (TPSA) is 93.5 Å². The number of fused-ring (bicyclic) bond motifs is 1. The molecule has 0 saturated heterocycles. The minimum atomic E-state index is -2.17. The van der Waals surface area contributed by atoms with Crippen molar-refractivity contribution in [2.24, 2.45) is 4.99 Å². The molecule has 0 aromatic carbocycles. The van der Waals surface area contributed by atoms with Crippen LogP contribution in [-0.4, -0.2) is 26.5 Å². The number of hydrogen-bond donors (Lipinski definition) is 4. The number of aromatic nitrogens is 2. The summed E-state index contributed by atoms with van der Waals surface area (Å²) in [5.74, 6) is -1.79. The molecule has 0 amide bonds. The van der Waals surface area contributed by atoms with Gasteiger partial charge in [-0.1, -0.05) is 0 Å². The van der Waals surface area contributed by atoms with Crippen LogP contribution in [0.1, 0.15) is 5.69 Å². The maximum atomic E-state index is 9.16. The van der Waals surface area contributed by atoms with Crippen LogP contribution in [0.2, 0.25) is 0 Å². The SMILES string of the molecule is OC1(O)N=CNc2nc[nH]c21. The highest BCUT2D eigenvalue weighted by Crippen LogP contribution is 2.25. The second-order valence-electron chi connectivity index (χ2n) is 2.16. The van der Waals surface area contributed by atoms with E-state index in [1.165, 1.54) is 12.7 Å². The Morgan fingerprint density at radius 1 is 1.45 bits per heavy atom. The van der Waals surface area contributed by atoms with Crippen LogP contribution in [0.5, 0.6) is 0 Å². The van der Waals surface area contributed by atoms with Gasteiger partial charge in [-0.15, -0.1) is 0 Å². The molecule has 0 spiro atoms. The third kappa shape index (κ3) is 0.803. The van der Waals surface area contributed by atoms with Gasteiger partial charge >= 0.3 is 5.91 Å². The second kappa shape index (κ2) is 1.80. The standard InChI is InChI=1S/C5H6N4O2/c10-5(11)3-4(7-1-6-3)8-2-9-5/h1-2,10-11H,(H,6,7)(H,8,9). The normalized spacial score (nSPS) is 19.1. The molecule has 0 aliphatic carbocycles. The van der Waals surface area contributed by atoms with Crippen molar-refractivity contribution in [1.82, 2.24) is 9.97 Å². The predicted octanol–water partition coefficient (Wildman–Crippen LogP) is -1.04. The number of aliphatic hydroxyl groups is 2. The van der Waals surface area contributed by atoms with Gasteiger partial charge in [0.2, 0.25) is 0 Å². The van der Waals surface area contributed by atoms with Crippen LogP contribution in [-0.2, 0) is 5.91 Å². The molecule has 2 heterocycles. The van der Waals surface area contributed by atoms with Gasteiger partial charge in [-0.25, -0.2) is 9.98 Å². The first-order chi connectivity index (χ1) is 5.20. The van der Waals surface area contributed by atoms with E-state index in [1.54, 1.807) is 0 Å². The largest absolute Gasteiger partial charge is 0.342 e. The van der Waals surface area contributed by atoms with E-state index in [2.05, 4.69) is 20.3 Å². The van der Waals surface area contributed by atoms with Crippen molar-refractivity contribution in [3.05, 3.63) is 12.0 Å². The van der Waals surface area contributed by atoms with Crippen LogP contribution in [0, 0.1) is 0 Å². The lowest BCUT2D eigenvalue weighted by molar-refractivity contribution is -0.163. The highest BCUT2D eigenvalue weighted by molar-refractivity contribution is 5.77. The van der Waals surface area contributed by atoms with Crippen LogP contribution in [0.15, 0.2) is 11.3 Å². The zero-order chi connectivity index (χ0) is 7.90. The molecule has 1 aliphatic rings. The van der Waals surface area contributed by atoms with Crippen LogP contribution in [0.3, 0.4) is 0 Å². The minimum Gasteiger partial charge on any atom is -0.342 e. The fourth-order valence-electron chi connectivity index (χ4n) is 0.907. The summed E-state index contributed by atoms with van der Waals surface area (Å²) in [5, 5.41) is 21.0. The van der Waals surface area contributed by atoms with Gasteiger partial charge in [0.15, 0.2) is 5.82 Å². The Kier molecular flexibility index (Phi) is 1.04. The highest BCUT2D eigenvalue weighted by Gasteiger charge is 2.32. The molecule has 1 aromatic heterocycles. The first-order valence-electron chi connectivity index (χ1n) is 2.99. The lowest BCUT2D eigenvalue weighted by Crippen LogP contribution is -2.28. The summed E-state index contributed by atoms with van der Waals surface area (Å²) < 4.78 is 0. The van der Waals surface area contributed by atoms with Gasteiger partial charge in [-0.2, -0.15) is 0 Å². The smallest absolute Gasteiger partial charge is 0.313 e. The summed E-state index contributed by atoms with van der Waals surface area (Å²) in [4.78, 5) is 9.71. The molecule has 2 rings (SSSR count). The number of rotatable bonds is 0. The number of nitrogens with zero attached hydrogens (tertiary/aromatic N) is 2. The van der Waals surface area contributed by atoms with E-state index in [-0.39, 0.29) is 5.69 Å². The fraction of sp³-hybridized carbons (Fsp3) is 0.200. The average molecular weight is 154 g/mol. The molecule has 1 aromatic rings. The van der Waals surface area contributed by atoms with Crippen molar-refractivity contribution in [3.8, 4) is 0 Å². The number of H-pyrrole nitrogens is 1. The van der Waals surface area contributed by atoms with Crippen LogP contribution in [0.25, 0.3) is 0 Å². The van der Waals surface area contributed by atoms with Crippen molar-refractivity contribution in [2.75, 3.05) is 5.32 Å². The number of nitrogens with one attached hydrogen (secondary N) is 2. The second-order valence-corrected chi connectivity index (χ2v) is 2.16. The molecule has 6 nitrogen and oxygen atoms in total. The molecule has 0 radical (unpaired) electrons. The van der Waals surface area contributed by atoms with Gasteiger partial charge in [0, 0.05) is 0 Å². The van der Waals surface area contributed by atoms with Gasteiger partial charge in [0.05, 0.1) is 12.7 Å². The Bertz CT molecular complexity index is 303. The molecule has 0 unspecified atom stereocenters. The van der Waals surface area contributed by atoms with E-state index in [0.29, 0.717) is 5.82 Å². The third-order valence-corrected chi connectivity index (χ3v) is 1.42. The van der Waals surface area contributed by atoms with Crippen LogP contribution < -0.4 is 5.32 Å². The highest BCUT2D eigenvalue weighted by atomic mass is 16.5. The molecule has 0 bridgehead atoms. The minimum absolute atomic E-state index is 0.153. The monoisotopic (exact) mass is 154 g/mol. The Morgan fingerprint density at radius 3 is 3.00 bits per heavy atom. The van der Waals surface area contributed by atoms with Gasteiger partial charge in [0.25, 0.3) is 0 Å². The van der Waals surface area contributed by atoms with Gasteiger partial charge < -0.3 is 20.5 Å². The summed E-state index contributed by atoms with van der Waals surface area (Å²) in [7, 11) is 0. The van der Waals surface area contributed by atoms with Crippen LogP contribution in [0.4, 0.5) is 5.82 Å². The molecule has 1 aliphatic heterocycles. The lowest BCUT2D eigenvalue weighted by atomic mass is 10.3. The number of imidazole rings is 1. The Labute approximate surface area is 61.6 Å². The maximum Gasteiger partial charge on any atom is 0.313 e. The summed E-state index contributed by atoms with van der Waals surface area (Å²) in [5.41, 5.74) is 0.153. The lowest BCUT2D eigenvalue weighted by Gasteiger charge is -2.19. The Morgan fingerprint density at radius 2 is 2.27 bits per heavy atom. The molecule has 0 fully saturated rings. The summed E-state index contributed by atoms with van der Waals surface area (Å²) in [6.45, 7) is 0. The zero-order valence-electron chi connectivity index (χ0n) is 5.44. The van der Waals surface area contributed by atoms with E-state index in [0.717, 1.165) is 0 Å². The van der Waals surface area contributed by atoms with E-state index in [9.17, 15) is 0 Å². The van der Waals surface area contributed by atoms with E-state index in [4.69, 9.17) is 10.2 Å². The molecule has 58 valence electrons. The summed E-state index contributed by atoms with van der Waals surface area (Å²) in [6, 6.07) is 0. The van der Waals surface area contributed by atoms with Gasteiger partial charge in [0.1, 0.15) is 5.69 Å². The Balaban J connectivity index is 2.56. The number of aromatic amines is 1. The molecule has 6 heteroatoms. The predicted molar refractivity (Wildman–Crippen MR) is 36.8 cm³/mol. The van der Waals surface area contributed by atoms with Crippen molar-refractivity contribution in [1.29, 1.82) is 0 Å².